The van der Waals surface area contributed by atoms with E-state index in [1.807, 2.05) is 0 Å². The van der Waals surface area contributed by atoms with Gasteiger partial charge in [-0.1, -0.05) is 40.0 Å². The third-order valence-electron chi connectivity index (χ3n) is 3.42. The van der Waals surface area contributed by atoms with E-state index < -0.39 is 0 Å². The van der Waals surface area contributed by atoms with E-state index in [4.69, 9.17) is 0 Å². The fourth-order valence-corrected chi connectivity index (χ4v) is 1.95. The predicted octanol–water partition coefficient (Wildman–Crippen LogP) is 5.90. The van der Waals surface area contributed by atoms with Crippen molar-refractivity contribution in [1.82, 2.24) is 0 Å². The molecule has 3 rings (SSSR count). The van der Waals surface area contributed by atoms with E-state index in [9.17, 15) is 0 Å². The topological polar surface area (TPSA) is 0 Å². The summed E-state index contributed by atoms with van der Waals surface area (Å²) in [5, 5.41) is 0. The first-order chi connectivity index (χ1) is 10.3. The van der Waals surface area contributed by atoms with Gasteiger partial charge < -0.3 is 0 Å². The summed E-state index contributed by atoms with van der Waals surface area (Å²) >= 11 is 0. The van der Waals surface area contributed by atoms with Crippen LogP contribution in [-0.2, 0) is 19.3 Å². The van der Waals surface area contributed by atoms with Crippen molar-refractivity contribution < 1.29 is 38.2 Å². The molecule has 121 valence electrons. The van der Waals surface area contributed by atoms with Gasteiger partial charge in [0.2, 0.25) is 0 Å². The molecule has 0 heterocycles. The molecule has 0 aliphatic rings. The summed E-state index contributed by atoms with van der Waals surface area (Å²) in [6.45, 7) is 6.49. The first-order valence-corrected chi connectivity index (χ1v) is 7.91. The fourth-order valence-electron chi connectivity index (χ4n) is 1.95. The second-order valence-corrected chi connectivity index (χ2v) is 4.94. The first kappa shape index (κ1) is 21.3. The van der Waals surface area contributed by atoms with E-state index in [0.29, 0.717) is 0 Å². The molecule has 0 aromatic heterocycles. The Kier molecular flexibility index (Phi) is 13.5. The Hall–Kier alpha value is -0.677. The molecule has 0 spiro atoms. The molecule has 0 aliphatic heterocycles. The third-order valence-corrected chi connectivity index (χ3v) is 3.42. The van der Waals surface area contributed by atoms with Crippen LogP contribution in [0.5, 0.6) is 0 Å². The predicted molar refractivity (Wildman–Crippen MR) is 94.2 cm³/mol. The van der Waals surface area contributed by atoms with Gasteiger partial charge in [0.25, 0.3) is 0 Å². The standard InChI is InChI=1S/3C7H9.Dy/c3*1-2-7-5-3-4-6-7;/h3*3-6H,2H2,1H3;/q3*-1;+3. The summed E-state index contributed by atoms with van der Waals surface area (Å²) in [5.74, 6) is 0. The Morgan fingerprint density at radius 1 is 0.455 bits per heavy atom. The molecule has 0 aliphatic carbocycles. The van der Waals surface area contributed by atoms with Crippen LogP contribution >= 0.6 is 0 Å². The van der Waals surface area contributed by atoms with Gasteiger partial charge in [0.15, 0.2) is 0 Å². The van der Waals surface area contributed by atoms with E-state index in [2.05, 4.69) is 93.6 Å². The van der Waals surface area contributed by atoms with E-state index in [-0.39, 0.29) is 38.2 Å². The quantitative estimate of drug-likeness (QED) is 0.444. The summed E-state index contributed by atoms with van der Waals surface area (Å²) in [6, 6.07) is 25.2. The average molecular weight is 442 g/mol. The van der Waals surface area contributed by atoms with Crippen molar-refractivity contribution in [2.75, 3.05) is 0 Å². The molecule has 1 heteroatoms. The SMILES string of the molecule is CC[c-]1cccc1.CC[c-]1cccc1.CC[c-]1cccc1.[Dy+3]. The normalized spacial score (nSPS) is 8.86. The molecule has 22 heavy (non-hydrogen) atoms. The monoisotopic (exact) mass is 443 g/mol. The van der Waals surface area contributed by atoms with Crippen molar-refractivity contribution in [3.05, 3.63) is 89.5 Å². The van der Waals surface area contributed by atoms with Crippen LogP contribution in [0.1, 0.15) is 37.5 Å². The zero-order chi connectivity index (χ0) is 15.3. The number of aryl methyl sites for hydroxylation is 3. The molecule has 3 aromatic rings. The molecule has 0 saturated carbocycles. The Morgan fingerprint density at radius 3 is 0.727 bits per heavy atom. The van der Waals surface area contributed by atoms with Gasteiger partial charge in [-0.25, -0.2) is 36.4 Å². The van der Waals surface area contributed by atoms with Crippen molar-refractivity contribution in [3.8, 4) is 0 Å². The zero-order valence-electron chi connectivity index (χ0n) is 13.9. The summed E-state index contributed by atoms with van der Waals surface area (Å²) < 4.78 is 0. The number of hydrogen-bond donors (Lipinski definition) is 0. The second-order valence-electron chi connectivity index (χ2n) is 4.94. The first-order valence-electron chi connectivity index (χ1n) is 7.91. The smallest absolute Gasteiger partial charge is 0.213 e. The van der Waals surface area contributed by atoms with Crippen molar-refractivity contribution in [2.45, 2.75) is 40.0 Å². The van der Waals surface area contributed by atoms with Gasteiger partial charge in [0.1, 0.15) is 0 Å². The van der Waals surface area contributed by atoms with Crippen molar-refractivity contribution in [3.63, 3.8) is 0 Å². The van der Waals surface area contributed by atoms with E-state index in [1.54, 1.807) is 0 Å². The minimum Gasteiger partial charge on any atom is -0.213 e. The summed E-state index contributed by atoms with van der Waals surface area (Å²) in [4.78, 5) is 0. The van der Waals surface area contributed by atoms with Gasteiger partial charge >= 0.3 is 38.2 Å². The molecular formula is C21H27Dy. The van der Waals surface area contributed by atoms with Crippen LogP contribution in [0.4, 0.5) is 0 Å². The molecule has 0 atom stereocenters. The minimum absolute atomic E-state index is 0. The van der Waals surface area contributed by atoms with E-state index in [0.717, 1.165) is 19.3 Å². The van der Waals surface area contributed by atoms with Crippen molar-refractivity contribution in [1.29, 1.82) is 0 Å². The van der Waals surface area contributed by atoms with Crippen molar-refractivity contribution >= 4 is 0 Å². The van der Waals surface area contributed by atoms with Crippen LogP contribution in [0.3, 0.4) is 0 Å². The van der Waals surface area contributed by atoms with Gasteiger partial charge in [-0.3, -0.25) is 0 Å². The Balaban J connectivity index is 0.000000294. The van der Waals surface area contributed by atoms with Gasteiger partial charge in [0.05, 0.1) is 0 Å². The maximum Gasteiger partial charge on any atom is 3.00 e. The van der Waals surface area contributed by atoms with Crippen LogP contribution in [0, 0.1) is 38.2 Å². The van der Waals surface area contributed by atoms with Crippen LogP contribution < -0.4 is 0 Å². The molecular weight excluding hydrogens is 415 g/mol. The maximum absolute atomic E-state index is 2.16. The molecule has 0 saturated heterocycles. The van der Waals surface area contributed by atoms with Gasteiger partial charge in [-0.05, 0) is 0 Å². The second kappa shape index (κ2) is 13.9. The van der Waals surface area contributed by atoms with Gasteiger partial charge in [0, 0.05) is 0 Å². The Bertz CT molecular complexity index is 431. The summed E-state index contributed by atoms with van der Waals surface area (Å²) in [7, 11) is 0. The van der Waals surface area contributed by atoms with Crippen LogP contribution in [0.15, 0.2) is 72.8 Å². The molecule has 0 amide bonds. The van der Waals surface area contributed by atoms with E-state index >= 15 is 0 Å². The Labute approximate surface area is 166 Å². The van der Waals surface area contributed by atoms with Crippen LogP contribution in [-0.4, -0.2) is 0 Å². The maximum atomic E-state index is 2.16. The van der Waals surface area contributed by atoms with Crippen LogP contribution in [0.2, 0.25) is 0 Å². The summed E-state index contributed by atoms with van der Waals surface area (Å²) in [6.07, 6.45) is 3.48. The fraction of sp³-hybridized carbons (Fsp3) is 0.286. The van der Waals surface area contributed by atoms with E-state index in [1.165, 1.54) is 16.7 Å². The largest absolute Gasteiger partial charge is 3.00 e. The molecule has 0 N–H and O–H groups in total. The van der Waals surface area contributed by atoms with Crippen LogP contribution in [0.25, 0.3) is 0 Å². The average Bonchev–Trinajstić information content (AvgIpc) is 3.31. The molecule has 0 fully saturated rings. The zero-order valence-corrected chi connectivity index (χ0v) is 15.9. The molecule has 0 nitrogen and oxygen atoms in total. The van der Waals surface area contributed by atoms with Gasteiger partial charge in [-0.15, -0.1) is 0 Å². The van der Waals surface area contributed by atoms with Gasteiger partial charge in [-0.2, -0.15) is 53.1 Å². The van der Waals surface area contributed by atoms with Crippen molar-refractivity contribution in [2.24, 2.45) is 0 Å². The Morgan fingerprint density at radius 2 is 0.636 bits per heavy atom. The molecule has 1 radical (unpaired) electrons. The molecule has 0 bridgehead atoms. The number of rotatable bonds is 3. The summed E-state index contributed by atoms with van der Waals surface area (Å²) in [5.41, 5.74) is 4.29. The number of hydrogen-bond acceptors (Lipinski definition) is 0. The molecule has 3 aromatic carbocycles. The molecule has 0 unspecified atom stereocenters. The third kappa shape index (κ3) is 9.36. The minimum atomic E-state index is 0.